The highest BCUT2D eigenvalue weighted by Crippen LogP contribution is 2.27. The largest absolute Gasteiger partial charge is 0.410 e. The Labute approximate surface area is 145 Å². The van der Waals surface area contributed by atoms with Gasteiger partial charge in [0.25, 0.3) is 16.7 Å². The van der Waals surface area contributed by atoms with Crippen LogP contribution in [0.25, 0.3) is 16.4 Å². The predicted molar refractivity (Wildman–Crippen MR) is 93.4 cm³/mol. The van der Waals surface area contributed by atoms with E-state index in [0.717, 1.165) is 10.4 Å². The molecule has 4 heterocycles. The molecular weight excluding hydrogens is 344 g/mol. The second kappa shape index (κ2) is 6.21. The van der Waals surface area contributed by atoms with Gasteiger partial charge in [-0.1, -0.05) is 17.8 Å². The summed E-state index contributed by atoms with van der Waals surface area (Å²) in [5.41, 5.74) is 2.29. The monoisotopic (exact) mass is 356 g/mol. The molecule has 6 nitrogen and oxygen atoms in total. The van der Waals surface area contributed by atoms with Crippen LogP contribution in [0, 0.1) is 6.92 Å². The highest BCUT2D eigenvalue weighted by molar-refractivity contribution is 7.98. The highest BCUT2D eigenvalue weighted by Gasteiger charge is 2.11. The van der Waals surface area contributed by atoms with Gasteiger partial charge < -0.3 is 4.42 Å². The van der Waals surface area contributed by atoms with Crippen LogP contribution in [0.15, 0.2) is 56.3 Å². The van der Waals surface area contributed by atoms with Crippen LogP contribution in [-0.2, 0) is 5.75 Å². The standard InChI is InChI=1S/C16H12N4O2S2/c1-10-4-5-20-13(7-10)17-11(8-14(20)21)9-24-16-19-18-15(22-16)12-3-2-6-23-12/h2-8H,9H2,1H3. The van der Waals surface area contributed by atoms with E-state index in [1.807, 2.05) is 36.6 Å². The number of aryl methyl sites for hydroxylation is 1. The second-order valence-corrected chi connectivity index (χ2v) is 7.03. The first-order chi connectivity index (χ1) is 11.7. The van der Waals surface area contributed by atoms with Crippen LogP contribution in [0.1, 0.15) is 11.3 Å². The van der Waals surface area contributed by atoms with E-state index in [2.05, 4.69) is 15.2 Å². The number of pyridine rings is 1. The van der Waals surface area contributed by atoms with Gasteiger partial charge in [0.1, 0.15) is 5.65 Å². The minimum absolute atomic E-state index is 0.0968. The molecule has 4 aromatic heterocycles. The van der Waals surface area contributed by atoms with Gasteiger partial charge >= 0.3 is 0 Å². The lowest BCUT2D eigenvalue weighted by Gasteiger charge is -2.03. The maximum atomic E-state index is 12.1. The molecular formula is C16H12N4O2S2. The number of fused-ring (bicyclic) bond motifs is 1. The molecule has 0 aromatic carbocycles. The lowest BCUT2D eigenvalue weighted by atomic mass is 10.3. The van der Waals surface area contributed by atoms with E-state index in [4.69, 9.17) is 4.42 Å². The maximum Gasteiger partial charge on any atom is 0.277 e. The molecule has 0 fully saturated rings. The second-order valence-electron chi connectivity index (χ2n) is 5.16. The van der Waals surface area contributed by atoms with E-state index in [-0.39, 0.29) is 5.56 Å². The van der Waals surface area contributed by atoms with Gasteiger partial charge in [-0.25, -0.2) is 4.98 Å². The fourth-order valence-electron chi connectivity index (χ4n) is 2.23. The van der Waals surface area contributed by atoms with Crippen LogP contribution in [-0.4, -0.2) is 19.6 Å². The van der Waals surface area contributed by atoms with E-state index < -0.39 is 0 Å². The van der Waals surface area contributed by atoms with Crippen molar-refractivity contribution < 1.29 is 4.42 Å². The van der Waals surface area contributed by atoms with Crippen molar-refractivity contribution in [3.05, 3.63) is 63.5 Å². The van der Waals surface area contributed by atoms with Crippen molar-refractivity contribution in [2.24, 2.45) is 0 Å². The summed E-state index contributed by atoms with van der Waals surface area (Å²) in [4.78, 5) is 17.6. The van der Waals surface area contributed by atoms with Gasteiger partial charge in [0, 0.05) is 18.0 Å². The molecule has 0 spiro atoms. The fraction of sp³-hybridized carbons (Fsp3) is 0.125. The van der Waals surface area contributed by atoms with Crippen LogP contribution in [0.4, 0.5) is 0 Å². The summed E-state index contributed by atoms with van der Waals surface area (Å²) in [5.74, 6) is 1.00. The average molecular weight is 356 g/mol. The Morgan fingerprint density at radius 2 is 2.21 bits per heavy atom. The van der Waals surface area contributed by atoms with Crippen LogP contribution in [0.3, 0.4) is 0 Å². The molecule has 8 heteroatoms. The zero-order valence-corrected chi connectivity index (χ0v) is 14.3. The number of thiophene rings is 1. The first-order valence-corrected chi connectivity index (χ1v) is 9.05. The molecule has 0 aliphatic heterocycles. The minimum atomic E-state index is -0.0968. The molecule has 0 amide bonds. The number of nitrogens with zero attached hydrogens (tertiary/aromatic N) is 4. The molecule has 4 rings (SSSR count). The summed E-state index contributed by atoms with van der Waals surface area (Å²) >= 11 is 2.91. The number of aromatic nitrogens is 4. The SMILES string of the molecule is Cc1ccn2c(=O)cc(CSc3nnc(-c4cccs4)o3)nc2c1. The van der Waals surface area contributed by atoms with Crippen LogP contribution in [0.5, 0.6) is 0 Å². The summed E-state index contributed by atoms with van der Waals surface area (Å²) in [6, 6.07) is 9.17. The molecule has 0 bridgehead atoms. The molecule has 0 aliphatic rings. The molecule has 4 aromatic rings. The molecule has 0 radical (unpaired) electrons. The van der Waals surface area contributed by atoms with E-state index in [1.165, 1.54) is 22.2 Å². The molecule has 0 unspecified atom stereocenters. The molecule has 24 heavy (non-hydrogen) atoms. The van der Waals surface area contributed by atoms with Gasteiger partial charge in [-0.15, -0.1) is 21.5 Å². The molecule has 0 aliphatic carbocycles. The van der Waals surface area contributed by atoms with Gasteiger partial charge in [0.15, 0.2) is 0 Å². The average Bonchev–Trinajstić information content (AvgIpc) is 3.24. The van der Waals surface area contributed by atoms with E-state index in [1.54, 1.807) is 17.5 Å². The number of thioether (sulfide) groups is 1. The van der Waals surface area contributed by atoms with Crippen LogP contribution in [0.2, 0.25) is 0 Å². The Kier molecular flexibility index (Phi) is 3.91. The van der Waals surface area contributed by atoms with Crippen molar-refractivity contribution in [1.29, 1.82) is 0 Å². The van der Waals surface area contributed by atoms with Gasteiger partial charge in [-0.05, 0) is 36.1 Å². The number of hydrogen-bond donors (Lipinski definition) is 0. The van der Waals surface area contributed by atoms with Crippen molar-refractivity contribution in [3.63, 3.8) is 0 Å². The topological polar surface area (TPSA) is 73.3 Å². The molecule has 120 valence electrons. The predicted octanol–water partition coefficient (Wildman–Crippen LogP) is 3.41. The van der Waals surface area contributed by atoms with Crippen LogP contribution < -0.4 is 5.56 Å². The minimum Gasteiger partial charge on any atom is -0.410 e. The number of rotatable bonds is 4. The van der Waals surface area contributed by atoms with Crippen molar-refractivity contribution in [3.8, 4) is 10.8 Å². The quantitative estimate of drug-likeness (QED) is 0.522. The third-order valence-electron chi connectivity index (χ3n) is 3.36. The van der Waals surface area contributed by atoms with Crippen molar-refractivity contribution in [2.45, 2.75) is 17.9 Å². The Hall–Kier alpha value is -2.45. The lowest BCUT2D eigenvalue weighted by molar-refractivity contribution is 0.466. The first-order valence-electron chi connectivity index (χ1n) is 7.18. The van der Waals surface area contributed by atoms with E-state index >= 15 is 0 Å². The van der Waals surface area contributed by atoms with Crippen molar-refractivity contribution in [2.75, 3.05) is 0 Å². The molecule has 0 N–H and O–H groups in total. The van der Waals surface area contributed by atoms with Gasteiger partial charge in [0.05, 0.1) is 10.6 Å². The smallest absolute Gasteiger partial charge is 0.277 e. The Bertz CT molecular complexity index is 1050. The van der Waals surface area contributed by atoms with Crippen molar-refractivity contribution >= 4 is 28.7 Å². The summed E-state index contributed by atoms with van der Waals surface area (Å²) in [6.07, 6.45) is 1.74. The Morgan fingerprint density at radius 3 is 3.04 bits per heavy atom. The van der Waals surface area contributed by atoms with Crippen molar-refractivity contribution in [1.82, 2.24) is 19.6 Å². The lowest BCUT2D eigenvalue weighted by Crippen LogP contribution is -2.15. The Morgan fingerprint density at radius 1 is 1.29 bits per heavy atom. The fourth-order valence-corrected chi connectivity index (χ4v) is 3.53. The summed E-state index contributed by atoms with van der Waals surface area (Å²) in [5, 5.41) is 10.5. The highest BCUT2D eigenvalue weighted by atomic mass is 32.2. The maximum absolute atomic E-state index is 12.1. The van der Waals surface area contributed by atoms with Gasteiger partial charge in [-0.2, -0.15) is 0 Å². The van der Waals surface area contributed by atoms with E-state index in [9.17, 15) is 4.79 Å². The van der Waals surface area contributed by atoms with Crippen LogP contribution >= 0.6 is 23.1 Å². The first kappa shape index (κ1) is 15.1. The van der Waals surface area contributed by atoms with Gasteiger partial charge in [-0.3, -0.25) is 9.20 Å². The third kappa shape index (κ3) is 2.98. The zero-order chi connectivity index (χ0) is 16.5. The number of hydrogen-bond acceptors (Lipinski definition) is 7. The Balaban J connectivity index is 1.56. The zero-order valence-electron chi connectivity index (χ0n) is 12.7. The van der Waals surface area contributed by atoms with E-state index in [0.29, 0.717) is 28.2 Å². The summed E-state index contributed by atoms with van der Waals surface area (Å²) in [7, 11) is 0. The van der Waals surface area contributed by atoms with Gasteiger partial charge in [0.2, 0.25) is 0 Å². The molecule has 0 saturated heterocycles. The molecule has 0 saturated carbocycles. The summed E-state index contributed by atoms with van der Waals surface area (Å²) in [6.45, 7) is 1.97. The summed E-state index contributed by atoms with van der Waals surface area (Å²) < 4.78 is 7.16. The normalized spacial score (nSPS) is 11.2. The molecule has 0 atom stereocenters. The third-order valence-corrected chi connectivity index (χ3v) is 5.07.